The topological polar surface area (TPSA) is 82.1 Å². The molecule has 1 aliphatic rings. The van der Waals surface area contributed by atoms with Crippen LogP contribution in [0.25, 0.3) is 0 Å². The van der Waals surface area contributed by atoms with Crippen molar-refractivity contribution in [2.45, 2.75) is 39.7 Å². The maximum atomic E-state index is 11.6. The van der Waals surface area contributed by atoms with E-state index in [0.29, 0.717) is 12.8 Å². The highest BCUT2D eigenvalue weighted by Gasteiger charge is 2.44. The molecule has 0 radical (unpaired) electrons. The zero-order valence-corrected chi connectivity index (χ0v) is 11.7. The molecule has 1 N–H and O–H groups in total. The van der Waals surface area contributed by atoms with Crippen molar-refractivity contribution in [1.29, 1.82) is 0 Å². The Bertz CT molecular complexity index is 325. The fourth-order valence-corrected chi connectivity index (χ4v) is 1.34. The summed E-state index contributed by atoms with van der Waals surface area (Å²) in [5, 5.41) is 8.65. The van der Waals surface area contributed by atoms with Crippen LogP contribution in [0.5, 0.6) is 0 Å². The standard InChI is InChI=1S/C13H22O6/c1-4-13(2,3)12(16)18-6-5-17-8-19-10-7-9(10)11(14)15/h9-10H,4-8H2,1-3H3,(H,14,15). The van der Waals surface area contributed by atoms with Gasteiger partial charge in [0, 0.05) is 0 Å². The maximum Gasteiger partial charge on any atom is 0.311 e. The summed E-state index contributed by atoms with van der Waals surface area (Å²) in [6, 6.07) is 0. The van der Waals surface area contributed by atoms with Gasteiger partial charge in [0.05, 0.1) is 24.0 Å². The summed E-state index contributed by atoms with van der Waals surface area (Å²) in [6.07, 6.45) is 1.02. The monoisotopic (exact) mass is 274 g/mol. The first-order chi connectivity index (χ1) is 8.88. The van der Waals surface area contributed by atoms with Gasteiger partial charge in [0.2, 0.25) is 0 Å². The number of hydrogen-bond acceptors (Lipinski definition) is 5. The minimum absolute atomic E-state index is 0.0309. The molecule has 0 aromatic heterocycles. The third-order valence-corrected chi connectivity index (χ3v) is 3.31. The minimum Gasteiger partial charge on any atom is -0.481 e. The number of carboxylic acids is 1. The molecule has 1 saturated carbocycles. The van der Waals surface area contributed by atoms with Gasteiger partial charge in [0.15, 0.2) is 0 Å². The first-order valence-corrected chi connectivity index (χ1v) is 6.48. The SMILES string of the molecule is CCC(C)(C)C(=O)OCCOCOC1CC1C(=O)O. The Morgan fingerprint density at radius 2 is 2.00 bits per heavy atom. The van der Waals surface area contributed by atoms with Gasteiger partial charge in [-0.2, -0.15) is 0 Å². The quantitative estimate of drug-likeness (QED) is 0.389. The lowest BCUT2D eigenvalue weighted by Crippen LogP contribution is -2.27. The normalized spacial score (nSPS) is 22.1. The van der Waals surface area contributed by atoms with Gasteiger partial charge >= 0.3 is 11.9 Å². The van der Waals surface area contributed by atoms with Crippen LogP contribution in [0.4, 0.5) is 0 Å². The van der Waals surface area contributed by atoms with Crippen molar-refractivity contribution in [2.75, 3.05) is 20.0 Å². The molecule has 2 atom stereocenters. The zero-order valence-electron chi connectivity index (χ0n) is 11.7. The summed E-state index contributed by atoms with van der Waals surface area (Å²) >= 11 is 0. The molecular formula is C13H22O6. The Morgan fingerprint density at radius 3 is 2.53 bits per heavy atom. The summed E-state index contributed by atoms with van der Waals surface area (Å²) in [4.78, 5) is 22.1. The van der Waals surface area contributed by atoms with Gasteiger partial charge in [-0.15, -0.1) is 0 Å². The number of esters is 1. The van der Waals surface area contributed by atoms with Crippen LogP contribution in [-0.4, -0.2) is 43.2 Å². The van der Waals surface area contributed by atoms with E-state index in [0.717, 1.165) is 0 Å². The predicted octanol–water partition coefficient (Wildman–Crippen LogP) is 1.43. The summed E-state index contributed by atoms with van der Waals surface area (Å²) < 4.78 is 15.4. The van der Waals surface area contributed by atoms with Crippen LogP contribution in [0.15, 0.2) is 0 Å². The van der Waals surface area contributed by atoms with Crippen LogP contribution in [0.1, 0.15) is 33.6 Å². The average molecular weight is 274 g/mol. The lowest BCUT2D eigenvalue weighted by atomic mass is 9.91. The van der Waals surface area contributed by atoms with Crippen molar-refractivity contribution >= 4 is 11.9 Å². The third-order valence-electron chi connectivity index (χ3n) is 3.31. The Balaban J connectivity index is 1.98. The van der Waals surface area contributed by atoms with E-state index in [9.17, 15) is 9.59 Å². The number of rotatable bonds is 9. The van der Waals surface area contributed by atoms with E-state index in [4.69, 9.17) is 19.3 Å². The Labute approximate surface area is 113 Å². The summed E-state index contributed by atoms with van der Waals surface area (Å²) in [7, 11) is 0. The average Bonchev–Trinajstić information content (AvgIpc) is 3.12. The van der Waals surface area contributed by atoms with Crippen LogP contribution in [-0.2, 0) is 23.8 Å². The molecule has 0 amide bonds. The molecule has 0 aromatic rings. The van der Waals surface area contributed by atoms with Crippen molar-refractivity contribution in [3.05, 3.63) is 0 Å². The van der Waals surface area contributed by atoms with Gasteiger partial charge in [-0.1, -0.05) is 6.92 Å². The second-order valence-electron chi connectivity index (χ2n) is 5.29. The van der Waals surface area contributed by atoms with Crippen LogP contribution in [0.2, 0.25) is 0 Å². The van der Waals surface area contributed by atoms with Gasteiger partial charge in [-0.3, -0.25) is 9.59 Å². The van der Waals surface area contributed by atoms with Crippen molar-refractivity contribution in [1.82, 2.24) is 0 Å². The Morgan fingerprint density at radius 1 is 1.32 bits per heavy atom. The smallest absolute Gasteiger partial charge is 0.311 e. The van der Waals surface area contributed by atoms with Gasteiger partial charge in [0.1, 0.15) is 13.4 Å². The van der Waals surface area contributed by atoms with Crippen LogP contribution in [0, 0.1) is 11.3 Å². The third kappa shape index (κ3) is 5.16. The van der Waals surface area contributed by atoms with Crippen LogP contribution < -0.4 is 0 Å². The van der Waals surface area contributed by atoms with Gasteiger partial charge in [-0.05, 0) is 26.7 Å². The first-order valence-electron chi connectivity index (χ1n) is 6.48. The number of carboxylic acid groups (broad SMARTS) is 1. The first kappa shape index (κ1) is 15.9. The summed E-state index contributed by atoms with van der Waals surface area (Å²) in [5.74, 6) is -1.47. The summed E-state index contributed by atoms with van der Waals surface area (Å²) in [6.45, 7) is 6.05. The molecule has 0 aliphatic heterocycles. The fraction of sp³-hybridized carbons (Fsp3) is 0.846. The number of aliphatic carboxylic acids is 1. The molecule has 2 unspecified atom stereocenters. The highest BCUT2D eigenvalue weighted by Crippen LogP contribution is 2.33. The molecule has 19 heavy (non-hydrogen) atoms. The van der Waals surface area contributed by atoms with Gasteiger partial charge in [-0.25, -0.2) is 0 Å². The molecule has 0 aromatic carbocycles. The Hall–Kier alpha value is -1.14. The van der Waals surface area contributed by atoms with E-state index in [2.05, 4.69) is 0 Å². The molecule has 1 aliphatic carbocycles. The van der Waals surface area contributed by atoms with Gasteiger partial charge < -0.3 is 19.3 Å². The van der Waals surface area contributed by atoms with E-state index in [1.54, 1.807) is 0 Å². The molecule has 0 saturated heterocycles. The van der Waals surface area contributed by atoms with E-state index in [1.165, 1.54) is 0 Å². The highest BCUT2D eigenvalue weighted by molar-refractivity contribution is 5.75. The molecule has 6 nitrogen and oxygen atoms in total. The molecule has 0 spiro atoms. The van der Waals surface area contributed by atoms with Crippen LogP contribution in [0.3, 0.4) is 0 Å². The lowest BCUT2D eigenvalue weighted by Gasteiger charge is -2.20. The number of carbonyl (C=O) groups is 2. The van der Waals surface area contributed by atoms with Crippen molar-refractivity contribution in [3.63, 3.8) is 0 Å². The molecular weight excluding hydrogens is 252 g/mol. The lowest BCUT2D eigenvalue weighted by molar-refractivity contribution is -0.158. The van der Waals surface area contributed by atoms with E-state index < -0.39 is 17.3 Å². The predicted molar refractivity (Wildman–Crippen MR) is 66.5 cm³/mol. The van der Waals surface area contributed by atoms with Crippen molar-refractivity contribution < 1.29 is 28.9 Å². The van der Waals surface area contributed by atoms with Crippen molar-refractivity contribution in [2.24, 2.45) is 11.3 Å². The second-order valence-corrected chi connectivity index (χ2v) is 5.29. The van der Waals surface area contributed by atoms with E-state index >= 15 is 0 Å². The molecule has 0 heterocycles. The zero-order chi connectivity index (χ0) is 14.5. The largest absolute Gasteiger partial charge is 0.481 e. The summed E-state index contributed by atoms with van der Waals surface area (Å²) in [5.41, 5.74) is -0.473. The minimum atomic E-state index is -0.833. The van der Waals surface area contributed by atoms with Crippen LogP contribution >= 0.6 is 0 Å². The molecule has 0 bridgehead atoms. The van der Waals surface area contributed by atoms with E-state index in [1.807, 2.05) is 20.8 Å². The highest BCUT2D eigenvalue weighted by atomic mass is 16.7. The maximum absolute atomic E-state index is 11.6. The molecule has 110 valence electrons. The number of carbonyl (C=O) groups excluding carboxylic acids is 1. The van der Waals surface area contributed by atoms with E-state index in [-0.39, 0.29) is 32.1 Å². The Kier molecular flexibility index (Phi) is 5.75. The molecule has 1 rings (SSSR count). The fourth-order valence-electron chi connectivity index (χ4n) is 1.34. The van der Waals surface area contributed by atoms with Gasteiger partial charge in [0.25, 0.3) is 0 Å². The van der Waals surface area contributed by atoms with Crippen molar-refractivity contribution in [3.8, 4) is 0 Å². The molecule has 6 heteroatoms. The number of ether oxygens (including phenoxy) is 3. The second kappa shape index (κ2) is 6.86. The number of hydrogen-bond donors (Lipinski definition) is 1. The molecule has 1 fully saturated rings.